The Bertz CT molecular complexity index is 930. The highest BCUT2D eigenvalue weighted by Crippen LogP contribution is 2.37. The van der Waals surface area contributed by atoms with Crippen LogP contribution in [0.5, 0.6) is 0 Å². The van der Waals surface area contributed by atoms with Crippen LogP contribution in [0, 0.1) is 5.92 Å². The fourth-order valence-electron chi connectivity index (χ4n) is 4.55. The Kier molecular flexibility index (Phi) is 3.38. The average molecular weight is 366 g/mol. The lowest BCUT2D eigenvalue weighted by atomic mass is 9.81. The van der Waals surface area contributed by atoms with E-state index in [9.17, 15) is 0 Å². The quantitative estimate of drug-likeness (QED) is 0.760. The van der Waals surface area contributed by atoms with Crippen molar-refractivity contribution in [1.82, 2.24) is 15.3 Å². The summed E-state index contributed by atoms with van der Waals surface area (Å²) in [4.78, 5) is 11.7. The smallest absolute Gasteiger partial charge is 0.298 e. The van der Waals surface area contributed by atoms with Gasteiger partial charge in [-0.05, 0) is 36.5 Å². The number of piperazine rings is 1. The first-order chi connectivity index (χ1) is 12.8. The highest BCUT2D eigenvalue weighted by molar-refractivity contribution is 7.13. The molecule has 3 aromatic rings. The standard InChI is InChI=1S/C20H22N4OS/c1-2-12(3-1)6-13-7-16(19-21-4-5-26-19)18-17(8-13)23-20(25-18)24-10-14-9-15(11-24)22-14/h4-5,7-8,12,14-15,22H,1-3,6,9-11H2. The Morgan fingerprint density at radius 3 is 2.77 bits per heavy atom. The van der Waals surface area contributed by atoms with Crippen LogP contribution < -0.4 is 10.2 Å². The fourth-order valence-corrected chi connectivity index (χ4v) is 5.20. The third-order valence-electron chi connectivity index (χ3n) is 6.14. The van der Waals surface area contributed by atoms with Crippen LogP contribution in [-0.4, -0.2) is 35.1 Å². The van der Waals surface area contributed by atoms with E-state index >= 15 is 0 Å². The molecule has 2 aromatic heterocycles. The fraction of sp³-hybridized carbons (Fsp3) is 0.500. The van der Waals surface area contributed by atoms with E-state index in [0.717, 1.165) is 53.1 Å². The normalized spacial score (nSPS) is 25.3. The number of benzene rings is 1. The van der Waals surface area contributed by atoms with Gasteiger partial charge in [0.25, 0.3) is 6.01 Å². The van der Waals surface area contributed by atoms with Crippen LogP contribution in [0.4, 0.5) is 6.01 Å². The Hall–Kier alpha value is -1.92. The summed E-state index contributed by atoms with van der Waals surface area (Å²) in [6.07, 6.45) is 8.40. The van der Waals surface area contributed by atoms with Crippen molar-refractivity contribution in [2.24, 2.45) is 5.92 Å². The van der Waals surface area contributed by atoms with Crippen molar-refractivity contribution in [2.75, 3.05) is 18.0 Å². The molecule has 0 spiro atoms. The second kappa shape index (κ2) is 5.79. The van der Waals surface area contributed by atoms with Crippen LogP contribution in [-0.2, 0) is 6.42 Å². The summed E-state index contributed by atoms with van der Waals surface area (Å²) >= 11 is 1.67. The van der Waals surface area contributed by atoms with Crippen molar-refractivity contribution in [3.63, 3.8) is 0 Å². The van der Waals surface area contributed by atoms with E-state index in [0.29, 0.717) is 12.1 Å². The van der Waals surface area contributed by atoms with Crippen molar-refractivity contribution < 1.29 is 4.42 Å². The van der Waals surface area contributed by atoms with Gasteiger partial charge in [-0.15, -0.1) is 11.3 Å². The summed E-state index contributed by atoms with van der Waals surface area (Å²) in [7, 11) is 0. The first-order valence-electron chi connectivity index (χ1n) is 9.66. The monoisotopic (exact) mass is 366 g/mol. The van der Waals surface area contributed by atoms with Crippen LogP contribution in [0.2, 0.25) is 0 Å². The Balaban J connectivity index is 1.42. The molecule has 6 heteroatoms. The van der Waals surface area contributed by atoms with Gasteiger partial charge in [0.15, 0.2) is 5.58 Å². The molecule has 1 N–H and O–H groups in total. The predicted octanol–water partition coefficient (Wildman–Crippen LogP) is 3.84. The number of nitrogens with one attached hydrogen (secondary N) is 1. The van der Waals surface area contributed by atoms with E-state index in [2.05, 4.69) is 27.3 Å². The molecule has 7 rings (SSSR count). The van der Waals surface area contributed by atoms with Gasteiger partial charge in [0.2, 0.25) is 0 Å². The van der Waals surface area contributed by atoms with E-state index in [1.807, 2.05) is 11.6 Å². The topological polar surface area (TPSA) is 54.2 Å². The molecule has 26 heavy (non-hydrogen) atoms. The van der Waals surface area contributed by atoms with E-state index in [-0.39, 0.29) is 0 Å². The maximum atomic E-state index is 6.29. The summed E-state index contributed by atoms with van der Waals surface area (Å²) in [6.45, 7) is 1.98. The highest BCUT2D eigenvalue weighted by Gasteiger charge is 2.38. The maximum Gasteiger partial charge on any atom is 0.298 e. The van der Waals surface area contributed by atoms with Gasteiger partial charge in [-0.25, -0.2) is 4.98 Å². The molecule has 2 unspecified atom stereocenters. The highest BCUT2D eigenvalue weighted by atomic mass is 32.1. The predicted molar refractivity (Wildman–Crippen MR) is 104 cm³/mol. The van der Waals surface area contributed by atoms with Crippen LogP contribution in [0.25, 0.3) is 21.7 Å². The van der Waals surface area contributed by atoms with Gasteiger partial charge in [0.05, 0.1) is 5.56 Å². The Morgan fingerprint density at radius 1 is 1.23 bits per heavy atom. The van der Waals surface area contributed by atoms with Crippen molar-refractivity contribution in [3.8, 4) is 10.6 Å². The van der Waals surface area contributed by atoms with Crippen LogP contribution >= 0.6 is 11.3 Å². The van der Waals surface area contributed by atoms with E-state index in [4.69, 9.17) is 9.40 Å². The first-order valence-corrected chi connectivity index (χ1v) is 10.5. The zero-order valence-electron chi connectivity index (χ0n) is 14.6. The number of anilines is 1. The van der Waals surface area contributed by atoms with Crippen molar-refractivity contribution in [2.45, 2.75) is 44.2 Å². The molecule has 1 aromatic carbocycles. The zero-order valence-corrected chi connectivity index (χ0v) is 15.5. The summed E-state index contributed by atoms with van der Waals surface area (Å²) < 4.78 is 6.29. The molecule has 5 heterocycles. The third kappa shape index (κ3) is 2.47. The molecule has 4 aliphatic rings. The molecule has 2 atom stereocenters. The second-order valence-electron chi connectivity index (χ2n) is 8.03. The largest absolute Gasteiger partial charge is 0.423 e. The zero-order chi connectivity index (χ0) is 17.1. The van der Waals surface area contributed by atoms with Crippen LogP contribution in [0.3, 0.4) is 0 Å². The number of nitrogens with zero attached hydrogens (tertiary/aromatic N) is 3. The minimum absolute atomic E-state index is 0.594. The number of hydrogen-bond donors (Lipinski definition) is 1. The van der Waals surface area contributed by atoms with Crippen LogP contribution in [0.15, 0.2) is 28.1 Å². The van der Waals surface area contributed by atoms with E-state index in [1.165, 1.54) is 31.2 Å². The molecule has 3 saturated heterocycles. The van der Waals surface area contributed by atoms with Crippen LogP contribution in [0.1, 0.15) is 31.2 Å². The van der Waals surface area contributed by atoms with Crippen molar-refractivity contribution >= 4 is 28.5 Å². The first kappa shape index (κ1) is 15.2. The molecule has 2 bridgehead atoms. The van der Waals surface area contributed by atoms with Gasteiger partial charge < -0.3 is 14.6 Å². The number of hydrogen-bond acceptors (Lipinski definition) is 6. The SMILES string of the molecule is c1csc(-c2cc(CC3CCC3)cc3nc(N4CC5CC(C4)N5)oc23)n1. The average Bonchev–Trinajstić information content (AvgIpc) is 3.26. The molecule has 4 fully saturated rings. The second-order valence-corrected chi connectivity index (χ2v) is 8.92. The summed E-state index contributed by atoms with van der Waals surface area (Å²) in [5.74, 6) is 0.836. The van der Waals surface area contributed by atoms with Gasteiger partial charge in [-0.1, -0.05) is 19.3 Å². The number of rotatable bonds is 4. The van der Waals surface area contributed by atoms with E-state index in [1.54, 1.807) is 11.3 Å². The van der Waals surface area contributed by atoms with E-state index < -0.39 is 0 Å². The van der Waals surface area contributed by atoms with Gasteiger partial charge in [-0.2, -0.15) is 4.98 Å². The molecule has 5 nitrogen and oxygen atoms in total. The molecular formula is C20H22N4OS. The third-order valence-corrected chi connectivity index (χ3v) is 6.95. The number of oxazole rings is 1. The van der Waals surface area contributed by atoms with Gasteiger partial charge in [-0.3, -0.25) is 0 Å². The maximum absolute atomic E-state index is 6.29. The molecule has 3 aliphatic heterocycles. The summed E-state index contributed by atoms with van der Waals surface area (Å²) in [6, 6.07) is 6.48. The summed E-state index contributed by atoms with van der Waals surface area (Å²) in [5, 5.41) is 6.62. The molecule has 1 saturated carbocycles. The molecule has 0 amide bonds. The lowest BCUT2D eigenvalue weighted by Gasteiger charge is -2.47. The minimum Gasteiger partial charge on any atom is -0.423 e. The molecule has 0 radical (unpaired) electrons. The molecule has 134 valence electrons. The molecule has 1 aliphatic carbocycles. The number of thiazole rings is 1. The van der Waals surface area contributed by atoms with Gasteiger partial charge in [0.1, 0.15) is 10.5 Å². The Labute approximate surface area is 156 Å². The molecular weight excluding hydrogens is 344 g/mol. The Morgan fingerprint density at radius 2 is 2.08 bits per heavy atom. The van der Waals surface area contributed by atoms with Gasteiger partial charge >= 0.3 is 0 Å². The minimum atomic E-state index is 0.594. The number of piperidine rings is 1. The van der Waals surface area contributed by atoms with Crippen molar-refractivity contribution in [1.29, 1.82) is 0 Å². The van der Waals surface area contributed by atoms with Crippen molar-refractivity contribution in [3.05, 3.63) is 29.3 Å². The number of aromatic nitrogens is 2. The van der Waals surface area contributed by atoms with Gasteiger partial charge in [0, 0.05) is 36.8 Å². The lowest BCUT2D eigenvalue weighted by molar-refractivity contribution is 0.220. The summed E-state index contributed by atoms with van der Waals surface area (Å²) in [5.41, 5.74) is 4.34. The number of fused-ring (bicyclic) bond motifs is 3. The lowest BCUT2D eigenvalue weighted by Crippen LogP contribution is -2.67.